The van der Waals surface area contributed by atoms with Crippen molar-refractivity contribution < 1.29 is 4.74 Å². The van der Waals surface area contributed by atoms with Crippen LogP contribution in [0.3, 0.4) is 0 Å². The van der Waals surface area contributed by atoms with Gasteiger partial charge in [-0.3, -0.25) is 0 Å². The van der Waals surface area contributed by atoms with Gasteiger partial charge in [-0.15, -0.1) is 5.10 Å². The molecule has 96 valence electrons. The smallest absolute Gasteiger partial charge is 0.243 e. The summed E-state index contributed by atoms with van der Waals surface area (Å²) in [5.74, 6) is 0.634. The number of aromatic nitrogens is 3. The number of hydrogen-bond acceptors (Lipinski definition) is 5. The van der Waals surface area contributed by atoms with Crippen LogP contribution in [0, 0.1) is 0 Å². The number of nitrogens with one attached hydrogen (secondary N) is 2. The quantitative estimate of drug-likeness (QED) is 0.881. The second kappa shape index (κ2) is 5.21. The molecule has 1 atom stereocenters. The molecule has 1 aliphatic rings. The molecule has 7 heteroatoms. The molecule has 2 N–H and O–H groups in total. The van der Waals surface area contributed by atoms with E-state index in [1.54, 1.807) is 4.52 Å². The van der Waals surface area contributed by atoms with Gasteiger partial charge in [-0.25, -0.2) is 4.52 Å². The van der Waals surface area contributed by atoms with Crippen molar-refractivity contribution in [1.29, 1.82) is 0 Å². The molecule has 0 amide bonds. The lowest BCUT2D eigenvalue weighted by Crippen LogP contribution is -2.45. The number of fused-ring (bicyclic) bond motifs is 1. The van der Waals surface area contributed by atoms with E-state index in [1.165, 1.54) is 0 Å². The minimum atomic E-state index is 0.314. The Kier molecular flexibility index (Phi) is 3.44. The zero-order valence-electron chi connectivity index (χ0n) is 9.77. The van der Waals surface area contributed by atoms with Crippen LogP contribution in [0.1, 0.15) is 0 Å². The minimum Gasteiger partial charge on any atom is -0.378 e. The Morgan fingerprint density at radius 1 is 1.61 bits per heavy atom. The van der Waals surface area contributed by atoms with Crippen molar-refractivity contribution in [3.8, 4) is 0 Å². The first-order chi connectivity index (χ1) is 8.83. The van der Waals surface area contributed by atoms with E-state index < -0.39 is 0 Å². The highest BCUT2D eigenvalue weighted by atomic mass is 79.9. The Bertz CT molecular complexity index is 537. The van der Waals surface area contributed by atoms with Crippen LogP contribution in [0.25, 0.3) is 5.65 Å². The molecule has 18 heavy (non-hydrogen) atoms. The zero-order chi connectivity index (χ0) is 12.4. The van der Waals surface area contributed by atoms with E-state index in [4.69, 9.17) is 4.74 Å². The van der Waals surface area contributed by atoms with Gasteiger partial charge in [0.15, 0.2) is 5.65 Å². The lowest BCUT2D eigenvalue weighted by Gasteiger charge is -2.23. The average molecular weight is 312 g/mol. The molecule has 0 bridgehead atoms. The summed E-state index contributed by atoms with van der Waals surface area (Å²) >= 11 is 3.45. The number of pyridine rings is 1. The zero-order valence-corrected chi connectivity index (χ0v) is 11.4. The highest BCUT2D eigenvalue weighted by molar-refractivity contribution is 9.10. The molecule has 2 aromatic rings. The van der Waals surface area contributed by atoms with Crippen LogP contribution < -0.4 is 10.6 Å². The van der Waals surface area contributed by atoms with E-state index in [-0.39, 0.29) is 0 Å². The van der Waals surface area contributed by atoms with Gasteiger partial charge >= 0.3 is 0 Å². The van der Waals surface area contributed by atoms with Gasteiger partial charge in [0.2, 0.25) is 5.95 Å². The molecule has 0 aliphatic carbocycles. The van der Waals surface area contributed by atoms with Gasteiger partial charge in [-0.2, -0.15) is 4.98 Å². The van der Waals surface area contributed by atoms with Crippen LogP contribution in [0.4, 0.5) is 5.95 Å². The molecule has 1 aliphatic heterocycles. The average Bonchev–Trinajstić information content (AvgIpc) is 2.82. The maximum absolute atomic E-state index is 5.39. The molecule has 1 saturated heterocycles. The maximum Gasteiger partial charge on any atom is 0.243 e. The lowest BCUT2D eigenvalue weighted by atomic mass is 10.3. The van der Waals surface area contributed by atoms with Gasteiger partial charge in [-0.05, 0) is 28.1 Å². The van der Waals surface area contributed by atoms with E-state index in [0.29, 0.717) is 12.0 Å². The Labute approximate surface area is 113 Å². The molecule has 1 unspecified atom stereocenters. The second-order valence-corrected chi connectivity index (χ2v) is 5.02. The Morgan fingerprint density at radius 3 is 3.33 bits per heavy atom. The van der Waals surface area contributed by atoms with Crippen LogP contribution in [0.15, 0.2) is 22.8 Å². The molecule has 0 aromatic carbocycles. The molecule has 1 fully saturated rings. The number of morpholine rings is 1. The summed E-state index contributed by atoms with van der Waals surface area (Å²) < 4.78 is 8.07. The highest BCUT2D eigenvalue weighted by Crippen LogP contribution is 2.16. The van der Waals surface area contributed by atoms with Gasteiger partial charge in [0.05, 0.1) is 17.7 Å². The van der Waals surface area contributed by atoms with Crippen molar-refractivity contribution in [2.45, 2.75) is 6.04 Å². The number of anilines is 1. The molecule has 0 radical (unpaired) electrons. The summed E-state index contributed by atoms with van der Waals surface area (Å²) in [5, 5.41) is 11.0. The van der Waals surface area contributed by atoms with E-state index in [1.807, 2.05) is 18.3 Å². The molecule has 0 saturated carbocycles. The normalized spacial score (nSPS) is 20.2. The Balaban J connectivity index is 1.69. The van der Waals surface area contributed by atoms with Crippen LogP contribution in [0.2, 0.25) is 0 Å². The molecular weight excluding hydrogens is 298 g/mol. The number of rotatable bonds is 3. The maximum atomic E-state index is 5.39. The van der Waals surface area contributed by atoms with Gasteiger partial charge in [0, 0.05) is 25.3 Å². The van der Waals surface area contributed by atoms with Crippen LogP contribution in [-0.4, -0.2) is 46.9 Å². The van der Waals surface area contributed by atoms with Gasteiger partial charge in [0.25, 0.3) is 0 Å². The molecule has 6 nitrogen and oxygen atoms in total. The number of nitrogens with zero attached hydrogens (tertiary/aromatic N) is 3. The molecule has 0 spiro atoms. The molecule has 3 rings (SSSR count). The number of ether oxygens (including phenoxy) is 1. The fourth-order valence-corrected chi connectivity index (χ4v) is 2.34. The summed E-state index contributed by atoms with van der Waals surface area (Å²) in [6, 6.07) is 4.19. The minimum absolute atomic E-state index is 0.314. The summed E-state index contributed by atoms with van der Waals surface area (Å²) in [6.07, 6.45) is 1.88. The monoisotopic (exact) mass is 311 g/mol. The number of halogens is 1. The first-order valence-electron chi connectivity index (χ1n) is 5.89. The SMILES string of the molecule is Brc1cccn2nc(NCC3COCCN3)nc12. The summed E-state index contributed by atoms with van der Waals surface area (Å²) in [6.45, 7) is 3.17. The molecular formula is C11H14BrN5O. The standard InChI is InChI=1S/C11H14BrN5O/c12-9-2-1-4-17-10(9)15-11(16-17)14-6-8-7-18-5-3-13-8/h1-2,4,8,13H,3,5-7H2,(H,14,16). The number of hydrogen-bond donors (Lipinski definition) is 2. The third-order valence-electron chi connectivity index (χ3n) is 2.82. The predicted molar refractivity (Wildman–Crippen MR) is 71.8 cm³/mol. The van der Waals surface area contributed by atoms with Crippen molar-refractivity contribution in [1.82, 2.24) is 19.9 Å². The van der Waals surface area contributed by atoms with E-state index in [2.05, 4.69) is 36.6 Å². The van der Waals surface area contributed by atoms with Crippen LogP contribution in [0.5, 0.6) is 0 Å². The largest absolute Gasteiger partial charge is 0.378 e. The highest BCUT2D eigenvalue weighted by Gasteiger charge is 2.13. The summed E-state index contributed by atoms with van der Waals surface area (Å²) in [4.78, 5) is 4.42. The van der Waals surface area contributed by atoms with E-state index in [9.17, 15) is 0 Å². The molecule has 2 aromatic heterocycles. The first-order valence-corrected chi connectivity index (χ1v) is 6.68. The third-order valence-corrected chi connectivity index (χ3v) is 3.44. The van der Waals surface area contributed by atoms with Crippen molar-refractivity contribution in [3.63, 3.8) is 0 Å². The second-order valence-electron chi connectivity index (χ2n) is 4.17. The van der Waals surface area contributed by atoms with Gasteiger partial charge < -0.3 is 15.4 Å². The summed E-state index contributed by atoms with van der Waals surface area (Å²) in [7, 11) is 0. The summed E-state index contributed by atoms with van der Waals surface area (Å²) in [5.41, 5.74) is 0.813. The van der Waals surface area contributed by atoms with Crippen LogP contribution in [-0.2, 0) is 4.74 Å². The fourth-order valence-electron chi connectivity index (χ4n) is 1.91. The Hall–Kier alpha value is -1.18. The van der Waals surface area contributed by atoms with Crippen molar-refractivity contribution in [2.75, 3.05) is 31.6 Å². The van der Waals surface area contributed by atoms with E-state index in [0.717, 1.165) is 36.4 Å². The lowest BCUT2D eigenvalue weighted by molar-refractivity contribution is 0.0806. The van der Waals surface area contributed by atoms with Crippen LogP contribution >= 0.6 is 15.9 Å². The third kappa shape index (κ3) is 2.47. The van der Waals surface area contributed by atoms with Crippen molar-refractivity contribution in [3.05, 3.63) is 22.8 Å². The van der Waals surface area contributed by atoms with Crippen molar-refractivity contribution >= 4 is 27.5 Å². The van der Waals surface area contributed by atoms with Crippen molar-refractivity contribution in [2.24, 2.45) is 0 Å². The predicted octanol–water partition coefficient (Wildman–Crippen LogP) is 0.892. The van der Waals surface area contributed by atoms with Gasteiger partial charge in [0.1, 0.15) is 0 Å². The topological polar surface area (TPSA) is 63.5 Å². The van der Waals surface area contributed by atoms with Gasteiger partial charge in [-0.1, -0.05) is 0 Å². The van der Waals surface area contributed by atoms with E-state index >= 15 is 0 Å². The fraction of sp³-hybridized carbons (Fsp3) is 0.455. The Morgan fingerprint density at radius 2 is 2.56 bits per heavy atom. The first kappa shape index (κ1) is 11.9. The molecule has 3 heterocycles.